The van der Waals surface area contributed by atoms with Crippen molar-refractivity contribution < 1.29 is 104 Å². The van der Waals surface area contributed by atoms with Gasteiger partial charge in [-0.05, 0) is 6.92 Å². The highest BCUT2D eigenvalue weighted by Crippen LogP contribution is 2.34. The van der Waals surface area contributed by atoms with Gasteiger partial charge in [-0.15, -0.1) is 0 Å². The van der Waals surface area contributed by atoms with Gasteiger partial charge in [-0.2, -0.15) is 0 Å². The van der Waals surface area contributed by atoms with Gasteiger partial charge in [0.2, 0.25) is 0 Å². The minimum Gasteiger partial charge on any atom is -0.394 e. The number of hydrogen-bond acceptors (Lipinski definition) is 21. The van der Waals surface area contributed by atoms with E-state index in [1.54, 1.807) is 0 Å². The molecule has 0 aliphatic carbocycles. The van der Waals surface area contributed by atoms with Gasteiger partial charge in [-0.1, -0.05) is 0 Å². The number of methoxy groups -OCH3 is 2. The summed E-state index contributed by atoms with van der Waals surface area (Å²) in [6.07, 6.45) is -29.3. The number of aliphatic hydroxyl groups excluding tert-OH is 11. The van der Waals surface area contributed by atoms with E-state index in [9.17, 15) is 56.2 Å². The Labute approximate surface area is 287 Å². The van der Waals surface area contributed by atoms with Crippen LogP contribution in [0.3, 0.4) is 0 Å². The van der Waals surface area contributed by atoms with E-state index in [1.165, 1.54) is 21.1 Å². The van der Waals surface area contributed by atoms with Crippen LogP contribution in [0.25, 0.3) is 0 Å². The Bertz CT molecular complexity index is 995. The Balaban J connectivity index is 1.61. The minimum atomic E-state index is -1.95. The van der Waals surface area contributed by atoms with E-state index in [1.807, 2.05) is 0 Å². The normalized spacial score (nSPS) is 48.8. The molecule has 4 saturated heterocycles. The van der Waals surface area contributed by atoms with Gasteiger partial charge in [0.05, 0.1) is 45.7 Å². The first-order valence-corrected chi connectivity index (χ1v) is 16.3. The van der Waals surface area contributed by atoms with E-state index in [0.29, 0.717) is 0 Å². The number of aliphatic hydroxyl groups is 11. The molecule has 50 heavy (non-hydrogen) atoms. The molecule has 4 heterocycles. The van der Waals surface area contributed by atoms with Crippen LogP contribution in [0.5, 0.6) is 0 Å². The van der Waals surface area contributed by atoms with Crippen molar-refractivity contribution >= 4 is 0 Å². The van der Waals surface area contributed by atoms with Crippen LogP contribution in [-0.4, -0.2) is 233 Å². The van der Waals surface area contributed by atoms with Crippen LogP contribution < -0.4 is 0 Å². The molecule has 0 unspecified atom stereocenters. The van der Waals surface area contributed by atoms with Crippen LogP contribution in [0, 0.1) is 0 Å². The number of rotatable bonds is 15. The highest BCUT2D eigenvalue weighted by molar-refractivity contribution is 4.98. The molecule has 4 aliphatic heterocycles. The summed E-state index contributed by atoms with van der Waals surface area (Å²) in [4.78, 5) is 0. The second kappa shape index (κ2) is 19.0. The van der Waals surface area contributed by atoms with Crippen LogP contribution >= 0.6 is 0 Å². The summed E-state index contributed by atoms with van der Waals surface area (Å²) >= 11 is 0. The monoisotopic (exact) mass is 736 g/mol. The summed E-state index contributed by atoms with van der Waals surface area (Å²) in [5.74, 6) is 0. The second-order valence-electron chi connectivity index (χ2n) is 12.5. The maximum atomic E-state index is 11.4. The van der Waals surface area contributed by atoms with Gasteiger partial charge in [-0.3, -0.25) is 0 Å². The molecule has 4 rings (SSSR count). The van der Waals surface area contributed by atoms with Crippen molar-refractivity contribution in [3.05, 3.63) is 0 Å². The maximum absolute atomic E-state index is 11.4. The molecule has 0 amide bonds. The highest BCUT2D eigenvalue weighted by atomic mass is 16.8. The molecular formula is C29H52O21. The third-order valence-corrected chi connectivity index (χ3v) is 9.31. The lowest BCUT2D eigenvalue weighted by atomic mass is 9.94. The Kier molecular flexibility index (Phi) is 15.9. The summed E-state index contributed by atoms with van der Waals surface area (Å²) in [6.45, 7) is -1.88. The molecule has 0 bridgehead atoms. The summed E-state index contributed by atoms with van der Waals surface area (Å²) in [6, 6.07) is 0. The third kappa shape index (κ3) is 8.92. The molecule has 21 nitrogen and oxygen atoms in total. The van der Waals surface area contributed by atoms with Gasteiger partial charge in [0, 0.05) is 14.2 Å². The molecule has 0 spiro atoms. The largest absolute Gasteiger partial charge is 0.394 e. The molecule has 0 aromatic carbocycles. The first-order chi connectivity index (χ1) is 23.9. The topological polar surface area (TPSA) is 315 Å². The minimum absolute atomic E-state index is 0.296. The number of hydrogen-bond donors (Lipinski definition) is 11. The van der Waals surface area contributed by atoms with E-state index < -0.39 is 156 Å². The fraction of sp³-hybridized carbons (Fsp3) is 1.00. The molecule has 294 valence electrons. The molecule has 0 aromatic heterocycles. The van der Waals surface area contributed by atoms with Crippen molar-refractivity contribution in [2.45, 2.75) is 130 Å². The smallest absolute Gasteiger partial charge is 0.187 e. The quantitative estimate of drug-likeness (QED) is 0.0744. The van der Waals surface area contributed by atoms with Crippen LogP contribution in [-0.2, 0) is 47.4 Å². The van der Waals surface area contributed by atoms with Crippen LogP contribution in [0.15, 0.2) is 0 Å². The predicted octanol–water partition coefficient (Wildman–Crippen LogP) is -7.35. The van der Waals surface area contributed by atoms with Crippen molar-refractivity contribution in [1.82, 2.24) is 0 Å². The fourth-order valence-electron chi connectivity index (χ4n) is 6.55. The lowest BCUT2D eigenvalue weighted by molar-refractivity contribution is -0.381. The molecule has 21 heteroatoms. The molecular weight excluding hydrogens is 684 g/mol. The maximum Gasteiger partial charge on any atom is 0.187 e. The van der Waals surface area contributed by atoms with E-state index in [2.05, 4.69) is 0 Å². The van der Waals surface area contributed by atoms with Crippen molar-refractivity contribution in [3.63, 3.8) is 0 Å². The Morgan fingerprint density at radius 2 is 0.920 bits per heavy atom. The highest BCUT2D eigenvalue weighted by Gasteiger charge is 2.54. The first-order valence-electron chi connectivity index (χ1n) is 16.3. The van der Waals surface area contributed by atoms with Crippen molar-refractivity contribution in [2.24, 2.45) is 0 Å². The predicted molar refractivity (Wildman–Crippen MR) is 158 cm³/mol. The third-order valence-electron chi connectivity index (χ3n) is 9.31. The zero-order chi connectivity index (χ0) is 36.9. The van der Waals surface area contributed by atoms with Gasteiger partial charge in [-0.25, -0.2) is 0 Å². The molecule has 11 N–H and O–H groups in total. The molecule has 4 fully saturated rings. The van der Waals surface area contributed by atoms with Crippen LogP contribution in [0.1, 0.15) is 6.92 Å². The van der Waals surface area contributed by atoms with Crippen molar-refractivity contribution in [2.75, 3.05) is 53.9 Å². The summed E-state index contributed by atoms with van der Waals surface area (Å²) < 4.78 is 56.4. The van der Waals surface area contributed by atoms with E-state index >= 15 is 0 Å². The van der Waals surface area contributed by atoms with E-state index in [-0.39, 0.29) is 6.61 Å². The summed E-state index contributed by atoms with van der Waals surface area (Å²) in [5.41, 5.74) is 0. The Hall–Kier alpha value is -0.840. The molecule has 0 aromatic rings. The van der Waals surface area contributed by atoms with Crippen molar-refractivity contribution in [3.8, 4) is 0 Å². The van der Waals surface area contributed by atoms with Gasteiger partial charge in [0.25, 0.3) is 0 Å². The molecule has 20 atom stereocenters. The van der Waals surface area contributed by atoms with E-state index in [0.717, 1.165) is 0 Å². The summed E-state index contributed by atoms with van der Waals surface area (Å²) in [5, 5.41) is 115. The average Bonchev–Trinajstić information content (AvgIpc) is 3.11. The van der Waals surface area contributed by atoms with Gasteiger partial charge in [0.15, 0.2) is 18.9 Å². The van der Waals surface area contributed by atoms with E-state index in [4.69, 9.17) is 47.4 Å². The van der Waals surface area contributed by atoms with Crippen molar-refractivity contribution in [1.29, 1.82) is 0 Å². The standard InChI is InChI=1S/C29H52O21/c1-10-15(34)16(35)24(13(8-33)45-10)49-28-20(39)18(37)25(50-29-26(43-5-4-30)21(40)23(42-3)12(7-32)47-29)14(48-28)9-44-27-19(38)17(36)22(41-2)11(6-31)46-27/h10-40H,4-9H2,1-3H3/t10-,11-,12+,13-,14-,15-,16-,17-,18-,19-,20-,21-,22-,23+,24+,25+,26-,27-,28+,29-/m0/s1. The summed E-state index contributed by atoms with van der Waals surface area (Å²) in [7, 11) is 2.50. The lowest BCUT2D eigenvalue weighted by Gasteiger charge is -2.49. The van der Waals surface area contributed by atoms with Gasteiger partial charge < -0.3 is 104 Å². The Morgan fingerprint density at radius 3 is 1.50 bits per heavy atom. The molecule has 0 radical (unpaired) electrons. The number of ether oxygens (including phenoxy) is 10. The van der Waals surface area contributed by atoms with Crippen LogP contribution in [0.2, 0.25) is 0 Å². The first kappa shape index (κ1) is 41.9. The average molecular weight is 737 g/mol. The SMILES string of the molecule is CO[C@@H]1[C@@H](O)[C@H](O)[C@@H](OC[C@@H]2O[C@H](O[C@H]3[C@@H](O)[C@@H](O)[C@H](C)O[C@H]3CO)[C@@H](O)[C@H](O)[C@@H]2O[C@@H]2O[C@H](CO)[C@@H](OC)[C@H](O)[C@@H]2OCCO)O[C@H]1CO. The zero-order valence-corrected chi connectivity index (χ0v) is 27.8. The zero-order valence-electron chi connectivity index (χ0n) is 27.8. The fourth-order valence-corrected chi connectivity index (χ4v) is 6.55. The van der Waals surface area contributed by atoms with Gasteiger partial charge >= 0.3 is 0 Å². The Morgan fingerprint density at radius 1 is 0.460 bits per heavy atom. The van der Waals surface area contributed by atoms with Crippen LogP contribution in [0.4, 0.5) is 0 Å². The molecule has 0 saturated carbocycles. The lowest BCUT2D eigenvalue weighted by Crippen LogP contribution is -2.67. The van der Waals surface area contributed by atoms with Gasteiger partial charge in [0.1, 0.15) is 97.7 Å². The second-order valence-corrected chi connectivity index (χ2v) is 12.5. The molecule has 4 aliphatic rings.